The molecule has 3 rings (SSSR count). The third kappa shape index (κ3) is 4.23. The number of nitrogens with one attached hydrogen (secondary N) is 2. The number of hydrogen-bond acceptors (Lipinski definition) is 6. The minimum Gasteiger partial charge on any atom is -0.395 e. The van der Waals surface area contributed by atoms with Crippen molar-refractivity contribution in [3.05, 3.63) is 55.9 Å². The molecule has 6 nitrogen and oxygen atoms in total. The zero-order valence-electron chi connectivity index (χ0n) is 15.4. The molecule has 8 heteroatoms. The van der Waals surface area contributed by atoms with E-state index in [-0.39, 0.29) is 24.6 Å². The zero-order valence-corrected chi connectivity index (χ0v) is 17.0. The molecule has 1 aromatic carbocycles. The van der Waals surface area contributed by atoms with Gasteiger partial charge in [-0.05, 0) is 38.0 Å². The van der Waals surface area contributed by atoms with Crippen molar-refractivity contribution in [1.82, 2.24) is 15.3 Å². The van der Waals surface area contributed by atoms with Crippen LogP contribution in [0.25, 0.3) is 10.2 Å². The minimum atomic E-state index is -0.296. The number of benzene rings is 1. The summed E-state index contributed by atoms with van der Waals surface area (Å²) in [4.78, 5) is 34.3. The summed E-state index contributed by atoms with van der Waals surface area (Å²) < 4.78 is 0. The Morgan fingerprint density at radius 3 is 2.85 bits per heavy atom. The molecule has 0 atom stereocenters. The van der Waals surface area contributed by atoms with Crippen LogP contribution >= 0.6 is 23.1 Å². The molecule has 1 amide bonds. The Balaban J connectivity index is 1.89. The highest BCUT2D eigenvalue weighted by molar-refractivity contribution is 7.98. The Morgan fingerprint density at radius 2 is 2.11 bits per heavy atom. The van der Waals surface area contributed by atoms with Gasteiger partial charge in [-0.25, -0.2) is 4.98 Å². The van der Waals surface area contributed by atoms with E-state index >= 15 is 0 Å². The van der Waals surface area contributed by atoms with Gasteiger partial charge < -0.3 is 15.4 Å². The molecule has 142 valence electrons. The first-order chi connectivity index (χ1) is 12.9. The quantitative estimate of drug-likeness (QED) is 0.550. The van der Waals surface area contributed by atoms with Crippen LogP contribution in [0.2, 0.25) is 0 Å². The van der Waals surface area contributed by atoms with Crippen molar-refractivity contribution in [1.29, 1.82) is 0 Å². The Labute approximate surface area is 165 Å². The summed E-state index contributed by atoms with van der Waals surface area (Å²) in [6, 6.07) is 6.27. The molecule has 0 aliphatic heterocycles. The minimum absolute atomic E-state index is 0.131. The van der Waals surface area contributed by atoms with Crippen molar-refractivity contribution in [2.24, 2.45) is 0 Å². The summed E-state index contributed by atoms with van der Waals surface area (Å²) in [6.45, 7) is 5.89. The smallest absolute Gasteiger partial charge is 0.261 e. The summed E-state index contributed by atoms with van der Waals surface area (Å²) in [5.41, 5.74) is 2.76. The third-order valence-corrected chi connectivity index (χ3v) is 6.51. The largest absolute Gasteiger partial charge is 0.395 e. The Kier molecular flexibility index (Phi) is 5.98. The maximum absolute atomic E-state index is 12.5. The fraction of sp³-hybridized carbons (Fsp3) is 0.316. The number of nitrogens with zero attached hydrogens (tertiary/aromatic N) is 1. The van der Waals surface area contributed by atoms with Crippen LogP contribution in [0.15, 0.2) is 27.9 Å². The third-order valence-electron chi connectivity index (χ3n) is 4.16. The average molecular weight is 404 g/mol. The molecule has 3 aromatic rings. The van der Waals surface area contributed by atoms with Crippen molar-refractivity contribution in [2.75, 3.05) is 13.2 Å². The van der Waals surface area contributed by atoms with Gasteiger partial charge in [-0.3, -0.25) is 9.59 Å². The molecule has 0 aliphatic carbocycles. The highest BCUT2D eigenvalue weighted by Crippen LogP contribution is 2.29. The summed E-state index contributed by atoms with van der Waals surface area (Å²) >= 11 is 2.83. The molecule has 27 heavy (non-hydrogen) atoms. The van der Waals surface area contributed by atoms with Gasteiger partial charge in [0.1, 0.15) is 10.7 Å². The number of fused-ring (bicyclic) bond motifs is 1. The van der Waals surface area contributed by atoms with Crippen molar-refractivity contribution < 1.29 is 9.90 Å². The number of aryl methyl sites for hydroxylation is 3. The normalized spacial score (nSPS) is 11.1. The van der Waals surface area contributed by atoms with Crippen LogP contribution in [0.5, 0.6) is 0 Å². The number of thioether (sulfide) groups is 1. The number of thiophene rings is 1. The van der Waals surface area contributed by atoms with E-state index in [4.69, 9.17) is 5.11 Å². The SMILES string of the molecule is Cc1ccc(C)c(SCc2nc3sc(C(=O)NCCO)c(C)c3c(=O)[nH]2)c1. The van der Waals surface area contributed by atoms with Crippen LogP contribution in [0, 0.1) is 20.8 Å². The summed E-state index contributed by atoms with van der Waals surface area (Å²) in [5.74, 6) is 0.829. The van der Waals surface area contributed by atoms with Gasteiger partial charge in [0.2, 0.25) is 0 Å². The van der Waals surface area contributed by atoms with E-state index in [2.05, 4.69) is 40.4 Å². The topological polar surface area (TPSA) is 95.1 Å². The Morgan fingerprint density at radius 1 is 1.33 bits per heavy atom. The van der Waals surface area contributed by atoms with Crippen LogP contribution in [0.3, 0.4) is 0 Å². The number of carbonyl (C=O) groups is 1. The van der Waals surface area contributed by atoms with Gasteiger partial charge >= 0.3 is 0 Å². The van der Waals surface area contributed by atoms with Crippen LogP contribution in [0.1, 0.15) is 32.2 Å². The number of rotatable bonds is 6. The first-order valence-electron chi connectivity index (χ1n) is 8.52. The van der Waals surface area contributed by atoms with E-state index < -0.39 is 0 Å². The predicted molar refractivity (Wildman–Crippen MR) is 110 cm³/mol. The molecule has 0 bridgehead atoms. The number of hydrogen-bond donors (Lipinski definition) is 3. The second kappa shape index (κ2) is 8.24. The van der Waals surface area contributed by atoms with Crippen LogP contribution in [-0.4, -0.2) is 34.1 Å². The van der Waals surface area contributed by atoms with Crippen molar-refractivity contribution >= 4 is 39.2 Å². The molecular formula is C19H21N3O3S2. The molecule has 0 saturated heterocycles. The van der Waals surface area contributed by atoms with Gasteiger partial charge in [0.25, 0.3) is 11.5 Å². The van der Waals surface area contributed by atoms with E-state index in [0.29, 0.717) is 32.2 Å². The number of aromatic amines is 1. The second-order valence-electron chi connectivity index (χ2n) is 6.29. The fourth-order valence-corrected chi connectivity index (χ4v) is 4.84. The lowest BCUT2D eigenvalue weighted by atomic mass is 10.2. The molecule has 0 aliphatic rings. The number of aromatic nitrogens is 2. The lowest BCUT2D eigenvalue weighted by Crippen LogP contribution is -2.26. The van der Waals surface area contributed by atoms with E-state index in [0.717, 1.165) is 4.90 Å². The standard InChI is InChI=1S/C19H21N3O3S2/c1-10-4-5-11(2)13(8-10)26-9-14-21-17(24)15-12(3)16(27-19(15)22-14)18(25)20-6-7-23/h4-5,8,23H,6-7,9H2,1-3H3,(H,20,25)(H,21,22,24). The van der Waals surface area contributed by atoms with Crippen molar-refractivity contribution in [3.8, 4) is 0 Å². The number of carbonyl (C=O) groups excluding carboxylic acids is 1. The number of aliphatic hydroxyl groups is 1. The van der Waals surface area contributed by atoms with Crippen LogP contribution in [-0.2, 0) is 5.75 Å². The molecule has 2 heterocycles. The van der Waals surface area contributed by atoms with E-state index in [1.54, 1.807) is 18.7 Å². The predicted octanol–water partition coefficient (Wildman–Crippen LogP) is 2.92. The molecular weight excluding hydrogens is 382 g/mol. The number of aliphatic hydroxyl groups excluding tert-OH is 1. The second-order valence-corrected chi connectivity index (χ2v) is 8.30. The highest BCUT2D eigenvalue weighted by atomic mass is 32.2. The van der Waals surface area contributed by atoms with Crippen LogP contribution < -0.4 is 10.9 Å². The van der Waals surface area contributed by atoms with Gasteiger partial charge in [-0.15, -0.1) is 23.1 Å². The lowest BCUT2D eigenvalue weighted by Gasteiger charge is -2.06. The monoisotopic (exact) mass is 403 g/mol. The average Bonchev–Trinajstić information content (AvgIpc) is 2.97. The summed E-state index contributed by atoms with van der Waals surface area (Å²) in [5, 5.41) is 11.9. The Hall–Kier alpha value is -2.16. The maximum atomic E-state index is 12.5. The molecule has 0 unspecified atom stereocenters. The molecule has 0 spiro atoms. The maximum Gasteiger partial charge on any atom is 0.261 e. The zero-order chi connectivity index (χ0) is 19.6. The first kappa shape index (κ1) is 19.6. The summed E-state index contributed by atoms with van der Waals surface area (Å²) in [6.07, 6.45) is 0. The lowest BCUT2D eigenvalue weighted by molar-refractivity contribution is 0.0948. The van der Waals surface area contributed by atoms with Gasteiger partial charge in [0.05, 0.1) is 22.6 Å². The molecule has 0 saturated carbocycles. The van der Waals surface area contributed by atoms with Crippen molar-refractivity contribution in [2.45, 2.75) is 31.4 Å². The molecule has 0 fully saturated rings. The van der Waals surface area contributed by atoms with Crippen molar-refractivity contribution in [3.63, 3.8) is 0 Å². The summed E-state index contributed by atoms with van der Waals surface area (Å²) in [7, 11) is 0. The van der Waals surface area contributed by atoms with E-state index in [1.807, 2.05) is 6.92 Å². The van der Waals surface area contributed by atoms with E-state index in [9.17, 15) is 9.59 Å². The molecule has 2 aromatic heterocycles. The fourth-order valence-electron chi connectivity index (χ4n) is 2.73. The number of H-pyrrole nitrogens is 1. The highest BCUT2D eigenvalue weighted by Gasteiger charge is 2.19. The van der Waals surface area contributed by atoms with Gasteiger partial charge in [0.15, 0.2) is 0 Å². The Bertz CT molecular complexity index is 1060. The molecule has 0 radical (unpaired) electrons. The van der Waals surface area contributed by atoms with Gasteiger partial charge in [-0.1, -0.05) is 17.7 Å². The first-order valence-corrected chi connectivity index (χ1v) is 10.3. The van der Waals surface area contributed by atoms with Gasteiger partial charge in [-0.2, -0.15) is 0 Å². The van der Waals surface area contributed by atoms with Gasteiger partial charge in [0, 0.05) is 11.4 Å². The number of amides is 1. The molecule has 3 N–H and O–H groups in total. The van der Waals surface area contributed by atoms with E-state index in [1.165, 1.54) is 22.5 Å². The van der Waals surface area contributed by atoms with Crippen LogP contribution in [0.4, 0.5) is 0 Å².